The summed E-state index contributed by atoms with van der Waals surface area (Å²) in [5.74, 6) is -3.45. The predicted molar refractivity (Wildman–Crippen MR) is 122 cm³/mol. The maximum absolute atomic E-state index is 13.8. The summed E-state index contributed by atoms with van der Waals surface area (Å²) < 4.78 is 63.6. The van der Waals surface area contributed by atoms with Gasteiger partial charge in [0.2, 0.25) is 5.88 Å². The maximum Gasteiger partial charge on any atom is 0.333 e. The first-order chi connectivity index (χ1) is 15.5. The van der Waals surface area contributed by atoms with Crippen LogP contribution in [-0.4, -0.2) is 46.5 Å². The molecular formula is C21H32F2N6O4S. The number of urea groups is 1. The number of hydrogen-bond donors (Lipinski definition) is 2. The SMILES string of the molecule is CC(C)c1nn(CC(C)(F)F)c(C(C)C)c1NC(=O)NS(=O)(=O)c1cnn2c1OCC(C)(C)C2. The number of alkyl halides is 2. The molecule has 0 fully saturated rings. The van der Waals surface area contributed by atoms with Crippen LogP contribution >= 0.6 is 0 Å². The van der Waals surface area contributed by atoms with Crippen LogP contribution in [0, 0.1) is 5.41 Å². The highest BCUT2D eigenvalue weighted by molar-refractivity contribution is 7.90. The second-order valence-electron chi connectivity index (χ2n) is 10.2. The Morgan fingerprint density at radius 2 is 1.91 bits per heavy atom. The van der Waals surface area contributed by atoms with Crippen molar-refractivity contribution in [2.45, 2.75) is 84.2 Å². The average Bonchev–Trinajstić information content (AvgIpc) is 3.20. The Kier molecular flexibility index (Phi) is 6.72. The first kappa shape index (κ1) is 25.9. The van der Waals surface area contributed by atoms with Crippen LogP contribution in [0.15, 0.2) is 11.1 Å². The molecular weight excluding hydrogens is 470 g/mol. The van der Waals surface area contributed by atoms with Crippen molar-refractivity contribution in [3.05, 3.63) is 17.6 Å². The number of sulfonamides is 1. The van der Waals surface area contributed by atoms with E-state index in [-0.39, 0.29) is 33.7 Å². The molecule has 0 unspecified atom stereocenters. The van der Waals surface area contributed by atoms with Gasteiger partial charge in [-0.25, -0.2) is 31.4 Å². The molecule has 2 aromatic rings. The molecule has 34 heavy (non-hydrogen) atoms. The topological polar surface area (TPSA) is 120 Å². The van der Waals surface area contributed by atoms with Crippen LogP contribution < -0.4 is 14.8 Å². The highest BCUT2D eigenvalue weighted by Crippen LogP contribution is 2.35. The molecule has 13 heteroatoms. The minimum absolute atomic E-state index is 0.0587. The largest absolute Gasteiger partial charge is 0.476 e. The minimum atomic E-state index is -4.32. The van der Waals surface area contributed by atoms with Crippen LogP contribution in [0.2, 0.25) is 0 Å². The van der Waals surface area contributed by atoms with Crippen LogP contribution in [0.5, 0.6) is 5.88 Å². The number of nitrogens with one attached hydrogen (secondary N) is 2. The quantitative estimate of drug-likeness (QED) is 0.592. The number of ether oxygens (including phenoxy) is 1. The summed E-state index contributed by atoms with van der Waals surface area (Å²) >= 11 is 0. The van der Waals surface area contributed by atoms with Gasteiger partial charge in [0.05, 0.1) is 36.4 Å². The van der Waals surface area contributed by atoms with Gasteiger partial charge in [0, 0.05) is 12.3 Å². The zero-order valence-electron chi connectivity index (χ0n) is 20.4. The number of anilines is 1. The fourth-order valence-corrected chi connectivity index (χ4v) is 4.81. The third kappa shape index (κ3) is 5.50. The molecule has 1 aliphatic heterocycles. The van der Waals surface area contributed by atoms with E-state index in [2.05, 4.69) is 15.5 Å². The lowest BCUT2D eigenvalue weighted by Gasteiger charge is -2.30. The third-order valence-electron chi connectivity index (χ3n) is 5.23. The van der Waals surface area contributed by atoms with E-state index in [0.717, 1.165) is 13.1 Å². The van der Waals surface area contributed by atoms with Crippen LogP contribution in [0.3, 0.4) is 0 Å². The highest BCUT2D eigenvalue weighted by Gasteiger charge is 2.35. The van der Waals surface area contributed by atoms with Crippen molar-refractivity contribution in [3.8, 4) is 5.88 Å². The van der Waals surface area contributed by atoms with E-state index in [9.17, 15) is 22.0 Å². The molecule has 0 atom stereocenters. The van der Waals surface area contributed by atoms with E-state index in [4.69, 9.17) is 4.74 Å². The number of hydrogen-bond acceptors (Lipinski definition) is 6. The summed E-state index contributed by atoms with van der Waals surface area (Å²) in [6.45, 7) is 12.0. The molecule has 10 nitrogen and oxygen atoms in total. The number of nitrogens with zero attached hydrogens (tertiary/aromatic N) is 4. The van der Waals surface area contributed by atoms with Gasteiger partial charge in [-0.3, -0.25) is 4.68 Å². The van der Waals surface area contributed by atoms with Gasteiger partial charge in [0.15, 0.2) is 4.90 Å². The smallest absolute Gasteiger partial charge is 0.333 e. The van der Waals surface area contributed by atoms with Crippen molar-refractivity contribution in [2.75, 3.05) is 11.9 Å². The zero-order valence-corrected chi connectivity index (χ0v) is 21.3. The van der Waals surface area contributed by atoms with Gasteiger partial charge in [-0.15, -0.1) is 0 Å². The summed E-state index contributed by atoms with van der Waals surface area (Å²) in [5.41, 5.74) is 0.762. The van der Waals surface area contributed by atoms with E-state index >= 15 is 0 Å². The lowest BCUT2D eigenvalue weighted by atomic mass is 9.94. The number of fused-ring (bicyclic) bond motifs is 1. The second kappa shape index (κ2) is 8.82. The summed E-state index contributed by atoms with van der Waals surface area (Å²) in [4.78, 5) is 12.5. The van der Waals surface area contributed by atoms with Crippen LogP contribution in [-0.2, 0) is 23.1 Å². The molecule has 0 saturated heterocycles. The van der Waals surface area contributed by atoms with Crippen LogP contribution in [0.25, 0.3) is 0 Å². The Labute approximate surface area is 198 Å². The van der Waals surface area contributed by atoms with E-state index < -0.39 is 28.5 Å². The third-order valence-corrected chi connectivity index (χ3v) is 6.55. The van der Waals surface area contributed by atoms with Gasteiger partial charge in [0.1, 0.15) is 6.54 Å². The van der Waals surface area contributed by atoms with Gasteiger partial charge >= 0.3 is 6.03 Å². The monoisotopic (exact) mass is 502 g/mol. The Bertz CT molecular complexity index is 1180. The fourth-order valence-electron chi connectivity index (χ4n) is 3.83. The number of amides is 2. The minimum Gasteiger partial charge on any atom is -0.476 e. The molecule has 0 radical (unpaired) electrons. The highest BCUT2D eigenvalue weighted by atomic mass is 32.2. The Morgan fingerprint density at radius 3 is 2.47 bits per heavy atom. The molecule has 0 aliphatic carbocycles. The molecule has 0 saturated carbocycles. The predicted octanol–water partition coefficient (Wildman–Crippen LogP) is 3.91. The molecule has 3 rings (SSSR count). The van der Waals surface area contributed by atoms with E-state index in [0.29, 0.717) is 24.5 Å². The van der Waals surface area contributed by atoms with E-state index in [1.165, 1.54) is 9.36 Å². The molecule has 2 N–H and O–H groups in total. The first-order valence-electron chi connectivity index (χ1n) is 11.0. The lowest BCUT2D eigenvalue weighted by Crippen LogP contribution is -2.36. The summed E-state index contributed by atoms with van der Waals surface area (Å²) in [7, 11) is -4.32. The van der Waals surface area contributed by atoms with Gasteiger partial charge < -0.3 is 10.1 Å². The van der Waals surface area contributed by atoms with E-state index in [1.54, 1.807) is 27.7 Å². The van der Waals surface area contributed by atoms with Crippen molar-refractivity contribution in [2.24, 2.45) is 5.41 Å². The first-order valence-corrected chi connectivity index (χ1v) is 12.5. The van der Waals surface area contributed by atoms with Crippen molar-refractivity contribution in [1.29, 1.82) is 0 Å². The molecule has 2 aromatic heterocycles. The normalized spacial score (nSPS) is 15.9. The lowest BCUT2D eigenvalue weighted by molar-refractivity contribution is -0.000453. The molecule has 190 valence electrons. The van der Waals surface area contributed by atoms with Gasteiger partial charge in [-0.05, 0) is 11.8 Å². The standard InChI is InChI=1S/C21H32F2N6O4S/c1-12(2)15-16(17(13(3)4)28(26-15)10-21(7,22)23)25-19(30)27-34(31,32)14-8-24-29-9-20(5,6)11-33-18(14)29/h8,12-13H,9-11H2,1-7H3,(H2,25,27,30). The number of aromatic nitrogens is 4. The fraction of sp³-hybridized carbons (Fsp3) is 0.667. The van der Waals surface area contributed by atoms with Crippen molar-refractivity contribution in [1.82, 2.24) is 24.3 Å². The molecule has 1 aliphatic rings. The average molecular weight is 503 g/mol. The van der Waals surface area contributed by atoms with Gasteiger partial charge in [-0.1, -0.05) is 41.5 Å². The van der Waals surface area contributed by atoms with Crippen molar-refractivity contribution >= 4 is 21.7 Å². The number of rotatable bonds is 7. The van der Waals surface area contributed by atoms with Crippen LogP contribution in [0.1, 0.15) is 71.7 Å². The van der Waals surface area contributed by atoms with Crippen molar-refractivity contribution in [3.63, 3.8) is 0 Å². The zero-order chi connectivity index (χ0) is 25.6. The molecule has 3 heterocycles. The van der Waals surface area contributed by atoms with Gasteiger partial charge in [0.25, 0.3) is 15.9 Å². The Hall–Kier alpha value is -2.70. The molecule has 0 aromatic carbocycles. The summed E-state index contributed by atoms with van der Waals surface area (Å²) in [6, 6.07) is -1.04. The van der Waals surface area contributed by atoms with Gasteiger partial charge in [-0.2, -0.15) is 10.2 Å². The molecule has 2 amide bonds. The second-order valence-corrected chi connectivity index (χ2v) is 11.8. The number of carbonyl (C=O) groups excluding carboxylic acids is 1. The van der Waals surface area contributed by atoms with E-state index in [1.807, 2.05) is 18.6 Å². The number of carbonyl (C=O) groups is 1. The molecule has 0 spiro atoms. The van der Waals surface area contributed by atoms with Crippen molar-refractivity contribution < 1.29 is 26.7 Å². The van der Waals surface area contributed by atoms with Crippen LogP contribution in [0.4, 0.5) is 19.3 Å². The maximum atomic E-state index is 13.8. The summed E-state index contributed by atoms with van der Waals surface area (Å²) in [6.07, 6.45) is 1.13. The summed E-state index contributed by atoms with van der Waals surface area (Å²) in [5, 5.41) is 10.9. The Morgan fingerprint density at radius 1 is 1.26 bits per heavy atom. The molecule has 0 bridgehead atoms. The Balaban J connectivity index is 1.89. The number of halogens is 2.